The zero-order chi connectivity index (χ0) is 13.2. The number of rotatable bonds is 4. The first-order chi connectivity index (χ1) is 7.82. The van der Waals surface area contributed by atoms with E-state index < -0.39 is 12.0 Å². The Morgan fingerprint density at radius 2 is 2.12 bits per heavy atom. The van der Waals surface area contributed by atoms with E-state index in [0.717, 1.165) is 0 Å². The van der Waals surface area contributed by atoms with E-state index in [0.29, 0.717) is 19.0 Å². The topological polar surface area (TPSA) is 60.9 Å². The van der Waals surface area contributed by atoms with Gasteiger partial charge in [-0.1, -0.05) is 13.8 Å². The zero-order valence-corrected chi connectivity index (χ0v) is 11.0. The third-order valence-corrected chi connectivity index (χ3v) is 3.22. The third-order valence-electron chi connectivity index (χ3n) is 3.22. The van der Waals surface area contributed by atoms with Crippen molar-refractivity contribution in [1.29, 1.82) is 0 Å². The Morgan fingerprint density at radius 3 is 2.59 bits per heavy atom. The summed E-state index contributed by atoms with van der Waals surface area (Å²) in [7, 11) is 1.82. The summed E-state index contributed by atoms with van der Waals surface area (Å²) in [6.07, 6.45) is -0.117. The number of amides is 1. The van der Waals surface area contributed by atoms with E-state index in [2.05, 4.69) is 13.8 Å². The molecule has 0 spiro atoms. The maximum atomic E-state index is 12.2. The molecule has 98 valence electrons. The fourth-order valence-corrected chi connectivity index (χ4v) is 2.23. The zero-order valence-electron chi connectivity index (χ0n) is 11.0. The van der Waals surface area contributed by atoms with Gasteiger partial charge in [-0.05, 0) is 19.9 Å². The summed E-state index contributed by atoms with van der Waals surface area (Å²) >= 11 is 0. The van der Waals surface area contributed by atoms with E-state index >= 15 is 0 Å². The molecule has 1 fully saturated rings. The molecule has 17 heavy (non-hydrogen) atoms. The smallest absolute Gasteiger partial charge is 0.305 e. The van der Waals surface area contributed by atoms with Gasteiger partial charge in [0.25, 0.3) is 0 Å². The monoisotopic (exact) mass is 242 g/mol. The number of carbonyl (C=O) groups excluding carboxylic acids is 1. The number of hydrogen-bond acceptors (Lipinski definition) is 3. The third kappa shape index (κ3) is 3.43. The molecule has 1 N–H and O–H groups in total. The Kier molecular flexibility index (Phi) is 4.51. The van der Waals surface area contributed by atoms with Crippen LogP contribution in [0.4, 0.5) is 0 Å². The van der Waals surface area contributed by atoms with Gasteiger partial charge in [-0.15, -0.1) is 0 Å². The van der Waals surface area contributed by atoms with Gasteiger partial charge in [-0.2, -0.15) is 0 Å². The molecule has 0 radical (unpaired) electrons. The van der Waals surface area contributed by atoms with Gasteiger partial charge in [0.1, 0.15) is 0 Å². The first-order valence-corrected chi connectivity index (χ1v) is 6.05. The number of hydrogen-bond donors (Lipinski definition) is 1. The predicted molar refractivity (Wildman–Crippen MR) is 64.7 cm³/mol. The number of aliphatic carboxylic acids is 1. The highest BCUT2D eigenvalue weighted by Crippen LogP contribution is 2.18. The lowest BCUT2D eigenvalue weighted by Gasteiger charge is -2.43. The van der Waals surface area contributed by atoms with Crippen molar-refractivity contribution in [2.75, 3.05) is 20.1 Å². The Hall–Kier alpha value is -1.10. The van der Waals surface area contributed by atoms with Crippen LogP contribution in [0.25, 0.3) is 0 Å². The minimum absolute atomic E-state index is 0.0540. The highest BCUT2D eigenvalue weighted by Gasteiger charge is 2.37. The van der Waals surface area contributed by atoms with E-state index in [9.17, 15) is 9.59 Å². The summed E-state index contributed by atoms with van der Waals surface area (Å²) < 4.78 is 0. The molecule has 5 heteroatoms. The first kappa shape index (κ1) is 14.0. The number of carboxylic acids is 1. The van der Waals surface area contributed by atoms with Crippen LogP contribution in [-0.4, -0.2) is 59.0 Å². The Bertz CT molecular complexity index is 304. The minimum atomic E-state index is -0.922. The Labute approximate surface area is 102 Å². The summed E-state index contributed by atoms with van der Waals surface area (Å²) in [5.41, 5.74) is 0. The molecule has 2 atom stereocenters. The molecule has 1 aliphatic heterocycles. The molecule has 0 saturated carbocycles. The Morgan fingerprint density at radius 1 is 1.53 bits per heavy atom. The van der Waals surface area contributed by atoms with Crippen LogP contribution >= 0.6 is 0 Å². The SMILES string of the molecule is CC(C)CN1CC(C)N(C)C(CC(=O)O)C1=O. The van der Waals surface area contributed by atoms with Crippen LogP contribution < -0.4 is 0 Å². The number of carboxylic acid groups (broad SMARTS) is 1. The molecule has 2 unspecified atom stereocenters. The van der Waals surface area contributed by atoms with Gasteiger partial charge < -0.3 is 10.0 Å². The second-order valence-electron chi connectivity index (χ2n) is 5.27. The molecule has 1 rings (SSSR count). The molecular formula is C12H22N2O3. The molecule has 1 heterocycles. The number of likely N-dealkylation sites (N-methyl/N-ethyl adjacent to an activating group) is 1. The maximum absolute atomic E-state index is 12.2. The molecule has 0 aromatic carbocycles. The van der Waals surface area contributed by atoms with Gasteiger partial charge in [0.05, 0.1) is 12.5 Å². The van der Waals surface area contributed by atoms with Crippen molar-refractivity contribution in [1.82, 2.24) is 9.80 Å². The standard InChI is InChI=1S/C12H22N2O3/c1-8(2)6-14-7-9(3)13(4)10(12(14)17)5-11(15)16/h8-10H,5-7H2,1-4H3,(H,15,16). The fourth-order valence-electron chi connectivity index (χ4n) is 2.23. The molecule has 1 amide bonds. The summed E-state index contributed by atoms with van der Waals surface area (Å²) in [4.78, 5) is 26.6. The quantitative estimate of drug-likeness (QED) is 0.786. The van der Waals surface area contributed by atoms with E-state index in [-0.39, 0.29) is 18.4 Å². The molecule has 0 aromatic heterocycles. The van der Waals surface area contributed by atoms with Crippen LogP contribution in [0, 0.1) is 5.92 Å². The second-order valence-corrected chi connectivity index (χ2v) is 5.27. The van der Waals surface area contributed by atoms with Crippen molar-refractivity contribution in [2.24, 2.45) is 5.92 Å². The summed E-state index contributed by atoms with van der Waals surface area (Å²) in [5.74, 6) is -0.574. The maximum Gasteiger partial charge on any atom is 0.305 e. The lowest BCUT2D eigenvalue weighted by atomic mass is 10.0. The molecule has 1 aliphatic rings. The largest absolute Gasteiger partial charge is 0.481 e. The van der Waals surface area contributed by atoms with Crippen LogP contribution in [0.1, 0.15) is 27.2 Å². The van der Waals surface area contributed by atoms with Crippen molar-refractivity contribution in [2.45, 2.75) is 39.3 Å². The van der Waals surface area contributed by atoms with Crippen molar-refractivity contribution >= 4 is 11.9 Å². The van der Waals surface area contributed by atoms with Gasteiger partial charge in [0.2, 0.25) is 5.91 Å². The van der Waals surface area contributed by atoms with Crippen molar-refractivity contribution < 1.29 is 14.7 Å². The number of carbonyl (C=O) groups is 2. The van der Waals surface area contributed by atoms with Crippen LogP contribution in [0.5, 0.6) is 0 Å². The lowest BCUT2D eigenvalue weighted by Crippen LogP contribution is -2.60. The molecule has 0 bridgehead atoms. The van der Waals surface area contributed by atoms with E-state index in [1.807, 2.05) is 18.9 Å². The van der Waals surface area contributed by atoms with E-state index in [1.165, 1.54) is 0 Å². The second kappa shape index (κ2) is 5.49. The Balaban J connectivity index is 2.79. The molecular weight excluding hydrogens is 220 g/mol. The van der Waals surface area contributed by atoms with E-state index in [4.69, 9.17) is 5.11 Å². The van der Waals surface area contributed by atoms with Gasteiger partial charge in [0, 0.05) is 19.1 Å². The van der Waals surface area contributed by atoms with Crippen LogP contribution in [0.3, 0.4) is 0 Å². The van der Waals surface area contributed by atoms with E-state index in [1.54, 1.807) is 4.90 Å². The van der Waals surface area contributed by atoms with Gasteiger partial charge >= 0.3 is 5.97 Å². The summed E-state index contributed by atoms with van der Waals surface area (Å²) in [6, 6.07) is -0.314. The van der Waals surface area contributed by atoms with Crippen molar-refractivity contribution in [3.05, 3.63) is 0 Å². The number of piperazine rings is 1. The number of nitrogens with zero attached hydrogens (tertiary/aromatic N) is 2. The molecule has 0 aliphatic carbocycles. The minimum Gasteiger partial charge on any atom is -0.481 e. The van der Waals surface area contributed by atoms with Gasteiger partial charge in [-0.25, -0.2) is 0 Å². The van der Waals surface area contributed by atoms with Crippen LogP contribution in [0.2, 0.25) is 0 Å². The van der Waals surface area contributed by atoms with Gasteiger partial charge in [0.15, 0.2) is 0 Å². The average Bonchev–Trinajstić information content (AvgIpc) is 2.20. The van der Waals surface area contributed by atoms with Crippen molar-refractivity contribution in [3.8, 4) is 0 Å². The molecule has 5 nitrogen and oxygen atoms in total. The van der Waals surface area contributed by atoms with Crippen LogP contribution in [0.15, 0.2) is 0 Å². The summed E-state index contributed by atoms with van der Waals surface area (Å²) in [6.45, 7) is 7.52. The lowest BCUT2D eigenvalue weighted by molar-refractivity contribution is -0.151. The van der Waals surface area contributed by atoms with Crippen LogP contribution in [-0.2, 0) is 9.59 Å². The predicted octanol–water partition coefficient (Wildman–Crippen LogP) is 0.648. The molecule has 0 aromatic rings. The van der Waals surface area contributed by atoms with Crippen molar-refractivity contribution in [3.63, 3.8) is 0 Å². The average molecular weight is 242 g/mol. The fraction of sp³-hybridized carbons (Fsp3) is 0.833. The normalized spacial score (nSPS) is 26.6. The summed E-state index contributed by atoms with van der Waals surface area (Å²) in [5, 5.41) is 8.86. The highest BCUT2D eigenvalue weighted by molar-refractivity contribution is 5.87. The molecule has 1 saturated heterocycles. The van der Waals surface area contributed by atoms with Gasteiger partial charge in [-0.3, -0.25) is 14.5 Å². The first-order valence-electron chi connectivity index (χ1n) is 6.05. The highest BCUT2D eigenvalue weighted by atomic mass is 16.4.